The topological polar surface area (TPSA) is 73.9 Å². The van der Waals surface area contributed by atoms with Crippen LogP contribution in [-0.4, -0.2) is 32.2 Å². The van der Waals surface area contributed by atoms with Gasteiger partial charge in [0, 0.05) is 12.1 Å². The third-order valence-corrected chi connectivity index (χ3v) is 3.47. The normalized spacial score (nSPS) is 10.0. The number of nitrogens with one attached hydrogen (secondary N) is 1. The van der Waals surface area contributed by atoms with Crippen LogP contribution in [0.3, 0.4) is 0 Å². The predicted octanol–water partition coefficient (Wildman–Crippen LogP) is 2.24. The lowest BCUT2D eigenvalue weighted by Crippen LogP contribution is -2.29. The lowest BCUT2D eigenvalue weighted by molar-refractivity contribution is -0.150. The smallest absolute Gasteiger partial charge is 0.344 e. The molecule has 6 nitrogen and oxygen atoms in total. The van der Waals surface area contributed by atoms with Crippen LogP contribution in [-0.2, 0) is 20.9 Å². The fourth-order valence-electron chi connectivity index (χ4n) is 2.14. The quantitative estimate of drug-likeness (QED) is 0.744. The molecule has 132 valence electrons. The van der Waals surface area contributed by atoms with E-state index in [1.807, 2.05) is 49.4 Å². The van der Waals surface area contributed by atoms with Crippen molar-refractivity contribution >= 4 is 11.9 Å². The molecule has 0 heterocycles. The lowest BCUT2D eigenvalue weighted by atomic mass is 10.2. The van der Waals surface area contributed by atoms with Crippen LogP contribution in [0.2, 0.25) is 0 Å². The Morgan fingerprint density at radius 2 is 1.64 bits per heavy atom. The summed E-state index contributed by atoms with van der Waals surface area (Å²) in [6.07, 6.45) is 0. The van der Waals surface area contributed by atoms with Crippen molar-refractivity contribution in [2.75, 3.05) is 20.3 Å². The second-order valence-electron chi connectivity index (χ2n) is 5.30. The maximum absolute atomic E-state index is 11.8. The van der Waals surface area contributed by atoms with Gasteiger partial charge in [-0.1, -0.05) is 36.4 Å². The monoisotopic (exact) mass is 343 g/mol. The van der Waals surface area contributed by atoms with Gasteiger partial charge >= 0.3 is 5.97 Å². The number of hydrogen-bond acceptors (Lipinski definition) is 5. The SMILES string of the molecule is COc1ccccc1CNC(=O)COC(=O)COc1ccccc1C. The van der Waals surface area contributed by atoms with Crippen LogP contribution in [0.15, 0.2) is 48.5 Å². The van der Waals surface area contributed by atoms with Crippen LogP contribution in [0.4, 0.5) is 0 Å². The first kappa shape index (κ1) is 18.3. The first-order chi connectivity index (χ1) is 12.1. The molecule has 0 aromatic heterocycles. The summed E-state index contributed by atoms with van der Waals surface area (Å²) in [5, 5.41) is 2.67. The summed E-state index contributed by atoms with van der Waals surface area (Å²) in [7, 11) is 1.57. The number of carbonyl (C=O) groups is 2. The van der Waals surface area contributed by atoms with E-state index in [9.17, 15) is 9.59 Å². The Hall–Kier alpha value is -3.02. The number of methoxy groups -OCH3 is 1. The average Bonchev–Trinajstić information content (AvgIpc) is 2.64. The Labute approximate surface area is 146 Å². The van der Waals surface area contributed by atoms with Crippen LogP contribution in [0.5, 0.6) is 11.5 Å². The summed E-state index contributed by atoms with van der Waals surface area (Å²) in [4.78, 5) is 23.4. The fraction of sp³-hybridized carbons (Fsp3) is 0.263. The third-order valence-electron chi connectivity index (χ3n) is 3.47. The van der Waals surface area contributed by atoms with Gasteiger partial charge in [0.25, 0.3) is 5.91 Å². The van der Waals surface area contributed by atoms with Crippen molar-refractivity contribution in [2.45, 2.75) is 13.5 Å². The highest BCUT2D eigenvalue weighted by Crippen LogP contribution is 2.17. The molecule has 0 radical (unpaired) electrons. The van der Waals surface area contributed by atoms with Crippen molar-refractivity contribution < 1.29 is 23.8 Å². The summed E-state index contributed by atoms with van der Waals surface area (Å²) in [5.74, 6) is 0.303. The van der Waals surface area contributed by atoms with Gasteiger partial charge in [-0.05, 0) is 24.6 Å². The van der Waals surface area contributed by atoms with E-state index in [1.165, 1.54) is 0 Å². The molecule has 1 amide bonds. The molecule has 0 spiro atoms. The molecule has 2 rings (SSSR count). The number of amides is 1. The first-order valence-corrected chi connectivity index (χ1v) is 7.83. The van der Waals surface area contributed by atoms with Crippen molar-refractivity contribution in [3.05, 3.63) is 59.7 Å². The van der Waals surface area contributed by atoms with Gasteiger partial charge in [0.15, 0.2) is 13.2 Å². The maximum atomic E-state index is 11.8. The molecule has 0 atom stereocenters. The minimum Gasteiger partial charge on any atom is -0.496 e. The molecule has 0 aliphatic heterocycles. The van der Waals surface area contributed by atoms with Crippen LogP contribution in [0, 0.1) is 6.92 Å². The first-order valence-electron chi connectivity index (χ1n) is 7.83. The Kier molecular flexibility index (Phi) is 6.83. The van der Waals surface area contributed by atoms with E-state index in [0.717, 1.165) is 11.1 Å². The molecule has 0 fully saturated rings. The zero-order valence-corrected chi connectivity index (χ0v) is 14.3. The zero-order chi connectivity index (χ0) is 18.1. The highest BCUT2D eigenvalue weighted by Gasteiger charge is 2.10. The van der Waals surface area contributed by atoms with Gasteiger partial charge in [-0.15, -0.1) is 0 Å². The summed E-state index contributed by atoms with van der Waals surface area (Å²) in [5.41, 5.74) is 1.76. The van der Waals surface area contributed by atoms with E-state index in [-0.39, 0.29) is 13.2 Å². The van der Waals surface area contributed by atoms with Crippen molar-refractivity contribution in [3.63, 3.8) is 0 Å². The zero-order valence-electron chi connectivity index (χ0n) is 14.3. The average molecular weight is 343 g/mol. The number of esters is 1. The summed E-state index contributed by atoms with van der Waals surface area (Å²) in [6, 6.07) is 14.7. The summed E-state index contributed by atoms with van der Waals surface area (Å²) >= 11 is 0. The van der Waals surface area contributed by atoms with Gasteiger partial charge in [0.2, 0.25) is 0 Å². The van der Waals surface area contributed by atoms with E-state index in [2.05, 4.69) is 5.32 Å². The van der Waals surface area contributed by atoms with Crippen molar-refractivity contribution in [1.29, 1.82) is 0 Å². The Bertz CT molecular complexity index is 729. The third kappa shape index (κ3) is 5.84. The van der Waals surface area contributed by atoms with Gasteiger partial charge in [0.1, 0.15) is 11.5 Å². The Morgan fingerprint density at radius 3 is 2.36 bits per heavy atom. The molecule has 6 heteroatoms. The summed E-state index contributed by atoms with van der Waals surface area (Å²) < 4.78 is 15.5. The van der Waals surface area contributed by atoms with E-state index < -0.39 is 11.9 Å². The van der Waals surface area contributed by atoms with E-state index >= 15 is 0 Å². The van der Waals surface area contributed by atoms with E-state index in [4.69, 9.17) is 14.2 Å². The molecule has 0 saturated carbocycles. The molecule has 0 saturated heterocycles. The highest BCUT2D eigenvalue weighted by atomic mass is 16.6. The number of para-hydroxylation sites is 2. The second-order valence-corrected chi connectivity index (χ2v) is 5.30. The molecule has 2 aromatic carbocycles. The number of hydrogen-bond donors (Lipinski definition) is 1. The Morgan fingerprint density at radius 1 is 0.960 bits per heavy atom. The molecule has 2 aromatic rings. The van der Waals surface area contributed by atoms with Gasteiger partial charge in [0.05, 0.1) is 7.11 Å². The molecule has 0 aliphatic carbocycles. The molecular formula is C19H21NO5. The lowest BCUT2D eigenvalue weighted by Gasteiger charge is -2.10. The number of aryl methyl sites for hydroxylation is 1. The fourth-order valence-corrected chi connectivity index (χ4v) is 2.14. The predicted molar refractivity (Wildman–Crippen MR) is 92.5 cm³/mol. The standard InChI is InChI=1S/C19H21NO5/c1-14-7-3-5-9-16(14)24-13-19(22)25-12-18(21)20-11-15-8-4-6-10-17(15)23-2/h3-10H,11-13H2,1-2H3,(H,20,21). The number of benzene rings is 2. The van der Waals surface area contributed by atoms with Crippen LogP contribution >= 0.6 is 0 Å². The minimum atomic E-state index is -0.601. The molecule has 0 bridgehead atoms. The van der Waals surface area contributed by atoms with Gasteiger partial charge in [-0.3, -0.25) is 4.79 Å². The Balaban J connectivity index is 1.71. The molecule has 0 unspecified atom stereocenters. The van der Waals surface area contributed by atoms with E-state index in [0.29, 0.717) is 18.0 Å². The molecular weight excluding hydrogens is 322 g/mol. The number of ether oxygens (including phenoxy) is 3. The van der Waals surface area contributed by atoms with Crippen molar-refractivity contribution in [3.8, 4) is 11.5 Å². The largest absolute Gasteiger partial charge is 0.496 e. The minimum absolute atomic E-state index is 0.245. The molecule has 25 heavy (non-hydrogen) atoms. The van der Waals surface area contributed by atoms with Crippen LogP contribution < -0.4 is 14.8 Å². The summed E-state index contributed by atoms with van der Waals surface area (Å²) in [6.45, 7) is 1.57. The molecule has 1 N–H and O–H groups in total. The van der Waals surface area contributed by atoms with Gasteiger partial charge in [-0.25, -0.2) is 4.79 Å². The molecule has 0 aliphatic rings. The van der Waals surface area contributed by atoms with Crippen LogP contribution in [0.1, 0.15) is 11.1 Å². The van der Waals surface area contributed by atoms with Crippen molar-refractivity contribution in [2.24, 2.45) is 0 Å². The number of rotatable bonds is 8. The van der Waals surface area contributed by atoms with Crippen molar-refractivity contribution in [1.82, 2.24) is 5.32 Å². The number of carbonyl (C=O) groups excluding carboxylic acids is 2. The van der Waals surface area contributed by atoms with Gasteiger partial charge in [-0.2, -0.15) is 0 Å². The van der Waals surface area contributed by atoms with Gasteiger partial charge < -0.3 is 19.5 Å². The highest BCUT2D eigenvalue weighted by molar-refractivity contribution is 5.80. The maximum Gasteiger partial charge on any atom is 0.344 e. The van der Waals surface area contributed by atoms with E-state index in [1.54, 1.807) is 13.2 Å². The van der Waals surface area contributed by atoms with Crippen LogP contribution in [0.25, 0.3) is 0 Å². The second kappa shape index (κ2) is 9.32.